The number of carbonyl (C=O) groups excluding carboxylic acids is 1. The Balaban J connectivity index is 2.16. The molecule has 3 rings (SSSR count). The van der Waals surface area contributed by atoms with E-state index < -0.39 is 0 Å². The highest BCUT2D eigenvalue weighted by Gasteiger charge is 2.20. The van der Waals surface area contributed by atoms with Gasteiger partial charge < -0.3 is 9.64 Å². The van der Waals surface area contributed by atoms with E-state index in [1.165, 1.54) is 31.6 Å². The predicted octanol–water partition coefficient (Wildman–Crippen LogP) is 4.88. The molecular formula is C23H26N2O2. The number of aryl methyl sites for hydroxylation is 1. The van der Waals surface area contributed by atoms with Crippen molar-refractivity contribution < 1.29 is 9.53 Å². The Labute approximate surface area is 161 Å². The molecule has 0 amide bonds. The van der Waals surface area contributed by atoms with E-state index in [2.05, 4.69) is 48.2 Å². The monoisotopic (exact) mass is 362 g/mol. The molecule has 1 fully saturated rings. The number of nitrogens with zero attached hydrogens (tertiary/aromatic N) is 2. The lowest BCUT2D eigenvalue weighted by atomic mass is 10.0. The average Bonchev–Trinajstić information content (AvgIpc) is 3.20. The standard InChI is InChI=1S/C23H26N2O2/c1-4-7-19-16-21(18-10-8-17(2)9-11-18)24-20(12-13-22(26)27-3)23(19)25-14-5-6-15-25/h4,7-13,16H,5-6,14-15H2,1-3H3/b7-4+,13-12+. The van der Waals surface area contributed by atoms with Gasteiger partial charge in [-0.1, -0.05) is 42.0 Å². The molecule has 4 heteroatoms. The smallest absolute Gasteiger partial charge is 0.330 e. The molecule has 1 saturated heterocycles. The zero-order chi connectivity index (χ0) is 19.2. The summed E-state index contributed by atoms with van der Waals surface area (Å²) >= 11 is 0. The molecular weight excluding hydrogens is 336 g/mol. The molecule has 2 aromatic rings. The summed E-state index contributed by atoms with van der Waals surface area (Å²) in [6, 6.07) is 10.5. The summed E-state index contributed by atoms with van der Waals surface area (Å²) in [7, 11) is 1.38. The molecule has 0 aliphatic carbocycles. The van der Waals surface area contributed by atoms with Gasteiger partial charge in [-0.3, -0.25) is 0 Å². The van der Waals surface area contributed by atoms with E-state index in [9.17, 15) is 4.79 Å². The molecule has 140 valence electrons. The van der Waals surface area contributed by atoms with Gasteiger partial charge in [0.2, 0.25) is 0 Å². The molecule has 27 heavy (non-hydrogen) atoms. The van der Waals surface area contributed by atoms with Crippen LogP contribution in [0.4, 0.5) is 5.69 Å². The van der Waals surface area contributed by atoms with Gasteiger partial charge in [0.15, 0.2) is 0 Å². The van der Waals surface area contributed by atoms with Crippen molar-refractivity contribution in [2.75, 3.05) is 25.1 Å². The summed E-state index contributed by atoms with van der Waals surface area (Å²) in [6.45, 7) is 6.11. The minimum absolute atomic E-state index is 0.377. The Morgan fingerprint density at radius 2 is 1.85 bits per heavy atom. The van der Waals surface area contributed by atoms with E-state index >= 15 is 0 Å². The van der Waals surface area contributed by atoms with Gasteiger partial charge in [0.25, 0.3) is 0 Å². The highest BCUT2D eigenvalue weighted by Crippen LogP contribution is 2.33. The number of methoxy groups -OCH3 is 1. The number of carbonyl (C=O) groups is 1. The number of hydrogen-bond donors (Lipinski definition) is 0. The molecule has 0 N–H and O–H groups in total. The summed E-state index contributed by atoms with van der Waals surface area (Å²) in [5.74, 6) is -0.377. The molecule has 0 saturated carbocycles. The van der Waals surface area contributed by atoms with Crippen molar-refractivity contribution >= 4 is 23.8 Å². The van der Waals surface area contributed by atoms with Crippen LogP contribution in [0.3, 0.4) is 0 Å². The lowest BCUT2D eigenvalue weighted by molar-refractivity contribution is -0.134. The van der Waals surface area contributed by atoms with Crippen molar-refractivity contribution in [2.24, 2.45) is 0 Å². The van der Waals surface area contributed by atoms with Gasteiger partial charge in [-0.05, 0) is 38.8 Å². The maximum Gasteiger partial charge on any atom is 0.330 e. The van der Waals surface area contributed by atoms with Gasteiger partial charge in [0.05, 0.1) is 24.2 Å². The molecule has 0 radical (unpaired) electrons. The van der Waals surface area contributed by atoms with Crippen molar-refractivity contribution in [3.63, 3.8) is 0 Å². The number of allylic oxidation sites excluding steroid dienone is 1. The number of anilines is 1. The average molecular weight is 362 g/mol. The number of pyridine rings is 1. The molecule has 1 aromatic heterocycles. The van der Waals surface area contributed by atoms with Crippen LogP contribution in [0.1, 0.15) is 36.6 Å². The summed E-state index contributed by atoms with van der Waals surface area (Å²) in [4.78, 5) is 18.9. The van der Waals surface area contributed by atoms with Crippen molar-refractivity contribution in [2.45, 2.75) is 26.7 Å². The van der Waals surface area contributed by atoms with Crippen LogP contribution in [0.15, 0.2) is 42.5 Å². The quantitative estimate of drug-likeness (QED) is 0.562. The molecule has 0 atom stereocenters. The van der Waals surface area contributed by atoms with Gasteiger partial charge >= 0.3 is 5.97 Å². The van der Waals surface area contributed by atoms with E-state index in [4.69, 9.17) is 9.72 Å². The van der Waals surface area contributed by atoms with Crippen LogP contribution < -0.4 is 4.90 Å². The SMILES string of the molecule is C/C=C/c1cc(-c2ccc(C)cc2)nc(/C=C/C(=O)OC)c1N1CCCC1. The fourth-order valence-corrected chi connectivity index (χ4v) is 3.37. The largest absolute Gasteiger partial charge is 0.466 e. The molecule has 0 spiro atoms. The first kappa shape index (κ1) is 18.9. The second-order valence-electron chi connectivity index (χ2n) is 6.75. The molecule has 1 aromatic carbocycles. The molecule has 1 aliphatic rings. The summed E-state index contributed by atoms with van der Waals surface area (Å²) in [6.07, 6.45) is 9.72. The Morgan fingerprint density at radius 3 is 2.48 bits per heavy atom. The van der Waals surface area contributed by atoms with Crippen molar-refractivity contribution in [3.8, 4) is 11.3 Å². The van der Waals surface area contributed by atoms with E-state index in [0.29, 0.717) is 0 Å². The fourth-order valence-electron chi connectivity index (χ4n) is 3.37. The molecule has 0 bridgehead atoms. The lowest BCUT2D eigenvalue weighted by Crippen LogP contribution is -2.20. The van der Waals surface area contributed by atoms with Crippen LogP contribution in [-0.2, 0) is 9.53 Å². The minimum atomic E-state index is -0.377. The van der Waals surface area contributed by atoms with E-state index in [1.807, 2.05) is 13.0 Å². The number of aromatic nitrogens is 1. The Hall–Kier alpha value is -2.88. The first-order chi connectivity index (χ1) is 13.1. The topological polar surface area (TPSA) is 42.4 Å². The van der Waals surface area contributed by atoms with Crippen LogP contribution in [0, 0.1) is 6.92 Å². The zero-order valence-electron chi connectivity index (χ0n) is 16.2. The minimum Gasteiger partial charge on any atom is -0.466 e. The number of ether oxygens (including phenoxy) is 1. The third-order valence-electron chi connectivity index (χ3n) is 4.74. The number of esters is 1. The maximum absolute atomic E-state index is 11.7. The highest BCUT2D eigenvalue weighted by atomic mass is 16.5. The number of rotatable bonds is 5. The number of benzene rings is 1. The third-order valence-corrected chi connectivity index (χ3v) is 4.74. The maximum atomic E-state index is 11.7. The molecule has 2 heterocycles. The first-order valence-corrected chi connectivity index (χ1v) is 9.38. The Morgan fingerprint density at radius 1 is 1.15 bits per heavy atom. The Kier molecular flexibility index (Phi) is 6.07. The normalized spacial score (nSPS) is 14.4. The third kappa shape index (κ3) is 4.45. The van der Waals surface area contributed by atoms with E-state index in [0.717, 1.165) is 41.3 Å². The first-order valence-electron chi connectivity index (χ1n) is 9.38. The summed E-state index contributed by atoms with van der Waals surface area (Å²) in [5, 5.41) is 0. The molecule has 0 unspecified atom stereocenters. The van der Waals surface area contributed by atoms with Gasteiger partial charge in [0.1, 0.15) is 0 Å². The fraction of sp³-hybridized carbons (Fsp3) is 0.304. The van der Waals surface area contributed by atoms with Gasteiger partial charge in [-0.25, -0.2) is 9.78 Å². The molecule has 4 nitrogen and oxygen atoms in total. The van der Waals surface area contributed by atoms with Crippen LogP contribution >= 0.6 is 0 Å². The number of hydrogen-bond acceptors (Lipinski definition) is 4. The van der Waals surface area contributed by atoms with E-state index in [1.54, 1.807) is 6.08 Å². The zero-order valence-corrected chi connectivity index (χ0v) is 16.2. The second kappa shape index (κ2) is 8.67. The van der Waals surface area contributed by atoms with E-state index in [-0.39, 0.29) is 5.97 Å². The van der Waals surface area contributed by atoms with Crippen molar-refractivity contribution in [1.29, 1.82) is 0 Å². The van der Waals surface area contributed by atoms with Crippen molar-refractivity contribution in [1.82, 2.24) is 4.98 Å². The second-order valence-corrected chi connectivity index (χ2v) is 6.75. The predicted molar refractivity (Wildman–Crippen MR) is 112 cm³/mol. The summed E-state index contributed by atoms with van der Waals surface area (Å²) in [5.41, 5.74) is 6.18. The lowest BCUT2D eigenvalue weighted by Gasteiger charge is -2.23. The van der Waals surface area contributed by atoms with Crippen LogP contribution in [0.5, 0.6) is 0 Å². The van der Waals surface area contributed by atoms with Crippen LogP contribution in [0.2, 0.25) is 0 Å². The van der Waals surface area contributed by atoms with Crippen LogP contribution in [-0.4, -0.2) is 31.2 Å². The Bertz CT molecular complexity index is 861. The van der Waals surface area contributed by atoms with Gasteiger partial charge in [-0.2, -0.15) is 0 Å². The van der Waals surface area contributed by atoms with Gasteiger partial charge in [0, 0.05) is 30.3 Å². The van der Waals surface area contributed by atoms with Crippen LogP contribution in [0.25, 0.3) is 23.4 Å². The van der Waals surface area contributed by atoms with Gasteiger partial charge in [-0.15, -0.1) is 0 Å². The summed E-state index contributed by atoms with van der Waals surface area (Å²) < 4.78 is 4.76. The molecule has 1 aliphatic heterocycles. The van der Waals surface area contributed by atoms with Crippen molar-refractivity contribution in [3.05, 3.63) is 59.3 Å². The highest BCUT2D eigenvalue weighted by molar-refractivity contribution is 5.89.